The van der Waals surface area contributed by atoms with Gasteiger partial charge in [0.1, 0.15) is 12.1 Å². The van der Waals surface area contributed by atoms with Gasteiger partial charge < -0.3 is 4.79 Å². The summed E-state index contributed by atoms with van der Waals surface area (Å²) in [5.41, 5.74) is 2.11. The maximum Gasteiger partial charge on any atom is 0.130 e. The van der Waals surface area contributed by atoms with Crippen LogP contribution in [0.3, 0.4) is 0 Å². The van der Waals surface area contributed by atoms with E-state index in [-0.39, 0.29) is 5.92 Å². The molecule has 0 amide bonds. The zero-order valence-electron chi connectivity index (χ0n) is 13.8. The number of hydrogen-bond acceptors (Lipinski definition) is 3. The first kappa shape index (κ1) is 16.1. The van der Waals surface area contributed by atoms with Gasteiger partial charge in [0.15, 0.2) is 0 Å². The van der Waals surface area contributed by atoms with Crippen LogP contribution in [0.25, 0.3) is 0 Å². The van der Waals surface area contributed by atoms with Crippen molar-refractivity contribution in [2.75, 3.05) is 0 Å². The maximum absolute atomic E-state index is 9.50. The van der Waals surface area contributed by atoms with Gasteiger partial charge in [-0.2, -0.15) is 0 Å². The van der Waals surface area contributed by atoms with E-state index in [1.807, 2.05) is 13.8 Å². The van der Waals surface area contributed by atoms with Gasteiger partial charge in [-0.3, -0.25) is 0 Å². The highest BCUT2D eigenvalue weighted by Crippen LogP contribution is 2.61. The molecule has 2 fully saturated rings. The topological polar surface area (TPSA) is 42.9 Å². The van der Waals surface area contributed by atoms with Crippen molar-refractivity contribution in [3.63, 3.8) is 0 Å². The van der Waals surface area contributed by atoms with Crippen molar-refractivity contribution in [1.82, 2.24) is 9.97 Å². The molecule has 2 aliphatic carbocycles. The van der Waals surface area contributed by atoms with E-state index in [2.05, 4.69) is 36.2 Å². The summed E-state index contributed by atoms with van der Waals surface area (Å²) >= 11 is 0. The van der Waals surface area contributed by atoms with Crippen molar-refractivity contribution in [2.45, 2.75) is 71.6 Å². The average molecular weight is 288 g/mol. The third-order valence-electron chi connectivity index (χ3n) is 4.72. The summed E-state index contributed by atoms with van der Waals surface area (Å²) in [6.07, 6.45) is 12.2. The molecule has 1 heterocycles. The molecule has 3 nitrogen and oxygen atoms in total. The molecule has 0 unspecified atom stereocenters. The standard InChI is InChI=1S/C14H20N2.C4H8O/c1-10(2)13-15-8-12(9-16-13)11-6-14(7-11)4-3-5-14;1-4(2)3-5/h8-11H,3-7H2,1-2H3;3-4H,1-2H3. The lowest BCUT2D eigenvalue weighted by Gasteiger charge is -2.54. The third kappa shape index (κ3) is 3.90. The van der Waals surface area contributed by atoms with E-state index in [0.717, 1.165) is 23.4 Å². The quantitative estimate of drug-likeness (QED) is 0.770. The van der Waals surface area contributed by atoms with Gasteiger partial charge in [0.05, 0.1) is 0 Å². The van der Waals surface area contributed by atoms with Gasteiger partial charge in [-0.15, -0.1) is 0 Å². The largest absolute Gasteiger partial charge is 0.303 e. The lowest BCUT2D eigenvalue weighted by Crippen LogP contribution is -2.41. The predicted molar refractivity (Wildman–Crippen MR) is 85.3 cm³/mol. The average Bonchev–Trinajstić information content (AvgIpc) is 2.36. The van der Waals surface area contributed by atoms with Crippen LogP contribution >= 0.6 is 0 Å². The molecule has 0 radical (unpaired) electrons. The minimum Gasteiger partial charge on any atom is -0.303 e. The van der Waals surface area contributed by atoms with Crippen molar-refractivity contribution in [3.8, 4) is 0 Å². The summed E-state index contributed by atoms with van der Waals surface area (Å²) in [5.74, 6) is 2.37. The summed E-state index contributed by atoms with van der Waals surface area (Å²) in [6, 6.07) is 0. The van der Waals surface area contributed by atoms with Gasteiger partial charge in [0.25, 0.3) is 0 Å². The molecule has 0 atom stereocenters. The molecule has 3 heteroatoms. The summed E-state index contributed by atoms with van der Waals surface area (Å²) in [5, 5.41) is 0. The number of carbonyl (C=O) groups excluding carboxylic acids is 1. The first-order chi connectivity index (χ1) is 9.96. The minimum absolute atomic E-state index is 0.204. The Morgan fingerprint density at radius 3 is 2.00 bits per heavy atom. The fourth-order valence-corrected chi connectivity index (χ4v) is 3.16. The van der Waals surface area contributed by atoms with Crippen LogP contribution in [0.2, 0.25) is 0 Å². The molecular formula is C18H28N2O. The molecule has 1 aromatic heterocycles. The predicted octanol–water partition coefficient (Wildman–Crippen LogP) is 4.49. The number of aldehydes is 1. The zero-order valence-corrected chi connectivity index (χ0v) is 13.8. The molecule has 0 aliphatic heterocycles. The number of hydrogen-bond donors (Lipinski definition) is 0. The summed E-state index contributed by atoms with van der Waals surface area (Å²) in [6.45, 7) is 7.99. The molecular weight excluding hydrogens is 260 g/mol. The molecule has 21 heavy (non-hydrogen) atoms. The van der Waals surface area contributed by atoms with Crippen molar-refractivity contribution in [3.05, 3.63) is 23.8 Å². The summed E-state index contributed by atoms with van der Waals surface area (Å²) in [4.78, 5) is 18.4. The zero-order chi connectivity index (χ0) is 15.5. The van der Waals surface area contributed by atoms with Gasteiger partial charge >= 0.3 is 0 Å². The van der Waals surface area contributed by atoms with E-state index in [1.54, 1.807) is 0 Å². The van der Waals surface area contributed by atoms with Crippen LogP contribution in [0.1, 0.15) is 83.0 Å². The lowest BCUT2D eigenvalue weighted by atomic mass is 9.51. The minimum atomic E-state index is 0.204. The molecule has 0 saturated heterocycles. The van der Waals surface area contributed by atoms with Crippen LogP contribution in [0.5, 0.6) is 0 Å². The summed E-state index contributed by atoms with van der Waals surface area (Å²) in [7, 11) is 0. The summed E-state index contributed by atoms with van der Waals surface area (Å²) < 4.78 is 0. The first-order valence-corrected chi connectivity index (χ1v) is 8.23. The molecule has 116 valence electrons. The number of aromatic nitrogens is 2. The third-order valence-corrected chi connectivity index (χ3v) is 4.72. The van der Waals surface area contributed by atoms with Crippen molar-refractivity contribution >= 4 is 6.29 Å². The van der Waals surface area contributed by atoms with E-state index in [0.29, 0.717) is 5.92 Å². The molecule has 0 N–H and O–H groups in total. The molecule has 3 rings (SSSR count). The van der Waals surface area contributed by atoms with Gasteiger partial charge in [-0.1, -0.05) is 34.1 Å². The molecule has 2 aliphatic rings. The SMILES string of the molecule is CC(C)C=O.CC(C)c1ncc(C2CC3(CCC3)C2)cn1. The molecule has 1 aromatic rings. The van der Waals surface area contributed by atoms with Crippen LogP contribution in [-0.4, -0.2) is 16.3 Å². The van der Waals surface area contributed by atoms with E-state index < -0.39 is 0 Å². The van der Waals surface area contributed by atoms with E-state index in [1.165, 1.54) is 37.7 Å². The Balaban J connectivity index is 0.000000282. The van der Waals surface area contributed by atoms with Crippen LogP contribution in [0.4, 0.5) is 0 Å². The van der Waals surface area contributed by atoms with Crippen LogP contribution in [0, 0.1) is 11.3 Å². The van der Waals surface area contributed by atoms with Crippen LogP contribution < -0.4 is 0 Å². The Morgan fingerprint density at radius 2 is 1.67 bits per heavy atom. The Bertz CT molecular complexity index is 453. The Labute approximate surface area is 128 Å². The molecule has 1 spiro atoms. The van der Waals surface area contributed by atoms with Crippen molar-refractivity contribution in [2.24, 2.45) is 11.3 Å². The van der Waals surface area contributed by atoms with E-state index in [4.69, 9.17) is 0 Å². The van der Waals surface area contributed by atoms with Crippen LogP contribution in [-0.2, 0) is 4.79 Å². The highest BCUT2D eigenvalue weighted by molar-refractivity contribution is 5.51. The Kier molecular flexibility index (Phi) is 5.13. The molecule has 0 bridgehead atoms. The Hall–Kier alpha value is -1.25. The first-order valence-electron chi connectivity index (χ1n) is 8.23. The van der Waals surface area contributed by atoms with E-state index >= 15 is 0 Å². The second-order valence-electron chi connectivity index (χ2n) is 7.37. The van der Waals surface area contributed by atoms with Gasteiger partial charge in [0.2, 0.25) is 0 Å². The highest BCUT2D eigenvalue weighted by atomic mass is 16.1. The fraction of sp³-hybridized carbons (Fsp3) is 0.722. The number of carbonyl (C=O) groups is 1. The monoisotopic (exact) mass is 288 g/mol. The lowest BCUT2D eigenvalue weighted by molar-refractivity contribution is -0.110. The van der Waals surface area contributed by atoms with Gasteiger partial charge in [-0.25, -0.2) is 9.97 Å². The fourth-order valence-electron chi connectivity index (χ4n) is 3.16. The van der Waals surface area contributed by atoms with E-state index in [9.17, 15) is 4.79 Å². The Morgan fingerprint density at radius 1 is 1.14 bits per heavy atom. The van der Waals surface area contributed by atoms with Gasteiger partial charge in [-0.05, 0) is 42.6 Å². The number of rotatable bonds is 3. The second-order valence-corrected chi connectivity index (χ2v) is 7.37. The molecule has 0 aromatic carbocycles. The second kappa shape index (κ2) is 6.67. The van der Waals surface area contributed by atoms with Gasteiger partial charge in [0, 0.05) is 24.2 Å². The van der Waals surface area contributed by atoms with Crippen LogP contribution in [0.15, 0.2) is 12.4 Å². The van der Waals surface area contributed by atoms with Crippen molar-refractivity contribution in [1.29, 1.82) is 0 Å². The van der Waals surface area contributed by atoms with Crippen molar-refractivity contribution < 1.29 is 4.79 Å². The smallest absolute Gasteiger partial charge is 0.130 e. The number of nitrogens with zero attached hydrogens (tertiary/aromatic N) is 2. The molecule has 2 saturated carbocycles. The maximum atomic E-state index is 9.50. The normalized spacial score (nSPS) is 19.7. The highest BCUT2D eigenvalue weighted by Gasteiger charge is 2.48.